The first-order valence-corrected chi connectivity index (χ1v) is 15.8. The Kier molecular flexibility index (Phi) is 9.19. The van der Waals surface area contributed by atoms with Crippen molar-refractivity contribution in [2.24, 2.45) is 0 Å². The molecule has 2 aromatic heterocycles. The smallest absolute Gasteiger partial charge is 0.209 e. The summed E-state index contributed by atoms with van der Waals surface area (Å²) in [5.41, 5.74) is 8.13. The monoisotopic (exact) mass is 596 g/mol. The van der Waals surface area contributed by atoms with Gasteiger partial charge < -0.3 is 0 Å². The number of nitrogens with zero attached hydrogens (tertiary/aromatic N) is 8. The van der Waals surface area contributed by atoms with Gasteiger partial charge in [0.2, 0.25) is 5.16 Å². The number of aromatic nitrogens is 7. The highest BCUT2D eigenvalue weighted by Crippen LogP contribution is 2.28. The van der Waals surface area contributed by atoms with E-state index >= 15 is 0 Å². The molecule has 2 heterocycles. The quantitative estimate of drug-likeness (QED) is 0.106. The van der Waals surface area contributed by atoms with Crippen LogP contribution in [0.4, 0.5) is 0 Å². The fraction of sp³-hybridized carbons (Fsp3) is 0.200. The van der Waals surface area contributed by atoms with Gasteiger partial charge in [-0.15, -0.1) is 10.2 Å². The minimum Gasteiger partial charge on any atom is -0.244 e. The molecule has 0 bridgehead atoms. The predicted octanol–water partition coefficient (Wildman–Crippen LogP) is 7.53. The highest BCUT2D eigenvalue weighted by atomic mass is 32.2. The fourth-order valence-electron chi connectivity index (χ4n) is 5.17. The van der Waals surface area contributed by atoms with E-state index in [0.29, 0.717) is 12.1 Å². The second kappa shape index (κ2) is 13.9. The third-order valence-corrected chi connectivity index (χ3v) is 8.42. The van der Waals surface area contributed by atoms with E-state index in [1.54, 1.807) is 22.8 Å². The molecule has 0 aliphatic rings. The molecule has 0 N–H and O–H groups in total. The lowest BCUT2D eigenvalue weighted by atomic mass is 10.00. The Bertz CT molecular complexity index is 1850. The van der Waals surface area contributed by atoms with Crippen molar-refractivity contribution in [2.75, 3.05) is 0 Å². The van der Waals surface area contributed by atoms with E-state index in [-0.39, 0.29) is 0 Å². The summed E-state index contributed by atoms with van der Waals surface area (Å²) in [5, 5.41) is 26.8. The van der Waals surface area contributed by atoms with Crippen molar-refractivity contribution >= 4 is 11.8 Å². The van der Waals surface area contributed by atoms with Crippen molar-refractivity contribution < 1.29 is 0 Å². The summed E-state index contributed by atoms with van der Waals surface area (Å²) in [5.74, 6) is 1.80. The van der Waals surface area contributed by atoms with Gasteiger partial charge in [-0.2, -0.15) is 9.94 Å². The van der Waals surface area contributed by atoms with Gasteiger partial charge in [0, 0.05) is 17.7 Å². The van der Waals surface area contributed by atoms with Gasteiger partial charge in [0.15, 0.2) is 0 Å². The molecule has 0 atom stereocenters. The van der Waals surface area contributed by atoms with Crippen LogP contribution in [-0.4, -0.2) is 35.0 Å². The summed E-state index contributed by atoms with van der Waals surface area (Å²) < 4.78 is 3.74. The fourth-order valence-corrected chi connectivity index (χ4v) is 5.98. The van der Waals surface area contributed by atoms with Gasteiger partial charge in [0.25, 0.3) is 0 Å². The molecule has 0 saturated carbocycles. The number of nitriles is 1. The van der Waals surface area contributed by atoms with Crippen molar-refractivity contribution in [2.45, 2.75) is 50.1 Å². The minimum absolute atomic E-state index is 0.664. The molecule has 6 rings (SSSR count). The molecule has 6 aromatic rings. The maximum Gasteiger partial charge on any atom is 0.209 e. The Morgan fingerprint density at radius 2 is 1.50 bits per heavy atom. The zero-order valence-electron chi connectivity index (χ0n) is 24.5. The summed E-state index contributed by atoms with van der Waals surface area (Å²) in [6.07, 6.45) is 5.95. The molecular weight excluding hydrogens is 565 g/mol. The number of tetrazole rings is 1. The van der Waals surface area contributed by atoms with Crippen LogP contribution < -0.4 is 0 Å². The minimum atomic E-state index is 0.664. The maximum absolute atomic E-state index is 9.46. The van der Waals surface area contributed by atoms with Crippen molar-refractivity contribution in [1.82, 2.24) is 35.0 Å². The number of thioether (sulfide) groups is 1. The number of aryl methyl sites for hydroxylation is 1. The standard InChI is InChI=1S/C35H32N8S/c1-2-3-4-13-34-38-35(44-24-27-16-20-28(21-17-27)31-10-6-5-9-30(31)22-36)39-42(34)23-26-14-18-29(19-15-26)32-11-7-8-12-33(32)43-25-37-40-41-43/h5-12,14-21,25H,2-4,13,23-24H2,1H3. The van der Waals surface area contributed by atoms with Crippen LogP contribution in [0, 0.1) is 11.3 Å². The summed E-state index contributed by atoms with van der Waals surface area (Å²) in [4.78, 5) is 4.94. The first-order valence-electron chi connectivity index (χ1n) is 14.8. The van der Waals surface area contributed by atoms with E-state index in [1.165, 1.54) is 17.5 Å². The molecule has 0 aliphatic carbocycles. The number of hydrogen-bond donors (Lipinski definition) is 0. The number of hydrogen-bond acceptors (Lipinski definition) is 7. The third-order valence-electron chi connectivity index (χ3n) is 7.51. The molecule has 0 radical (unpaired) electrons. The summed E-state index contributed by atoms with van der Waals surface area (Å²) >= 11 is 1.65. The Morgan fingerprint density at radius 1 is 0.795 bits per heavy atom. The molecule has 4 aromatic carbocycles. The van der Waals surface area contributed by atoms with E-state index in [9.17, 15) is 5.26 Å². The molecule has 218 valence electrons. The summed E-state index contributed by atoms with van der Waals surface area (Å²) in [6, 6.07) is 35.1. The van der Waals surface area contributed by atoms with Crippen LogP contribution in [0.3, 0.4) is 0 Å². The Hall–Kier alpha value is -5.07. The molecule has 44 heavy (non-hydrogen) atoms. The Morgan fingerprint density at radius 3 is 2.23 bits per heavy atom. The predicted molar refractivity (Wildman–Crippen MR) is 173 cm³/mol. The van der Waals surface area contributed by atoms with Gasteiger partial charge in [0.1, 0.15) is 12.2 Å². The van der Waals surface area contributed by atoms with Crippen molar-refractivity contribution in [3.8, 4) is 34.0 Å². The van der Waals surface area contributed by atoms with Gasteiger partial charge >= 0.3 is 0 Å². The lowest BCUT2D eigenvalue weighted by Crippen LogP contribution is -2.07. The average Bonchev–Trinajstić information content (AvgIpc) is 3.75. The maximum atomic E-state index is 9.46. The number of para-hydroxylation sites is 1. The zero-order chi connectivity index (χ0) is 30.1. The highest BCUT2D eigenvalue weighted by Gasteiger charge is 2.13. The normalized spacial score (nSPS) is 11.0. The van der Waals surface area contributed by atoms with Gasteiger partial charge in [-0.25, -0.2) is 9.67 Å². The second-order valence-corrected chi connectivity index (χ2v) is 11.5. The molecule has 9 heteroatoms. The molecule has 0 amide bonds. The van der Waals surface area contributed by atoms with E-state index in [0.717, 1.165) is 63.9 Å². The Balaban J connectivity index is 1.16. The van der Waals surface area contributed by atoms with E-state index < -0.39 is 0 Å². The lowest BCUT2D eigenvalue weighted by Gasteiger charge is -2.10. The highest BCUT2D eigenvalue weighted by molar-refractivity contribution is 7.98. The molecule has 0 aliphatic heterocycles. The van der Waals surface area contributed by atoms with Gasteiger partial charge in [-0.1, -0.05) is 116 Å². The summed E-state index contributed by atoms with van der Waals surface area (Å²) in [6.45, 7) is 2.88. The van der Waals surface area contributed by atoms with Crippen molar-refractivity contribution in [3.05, 3.63) is 126 Å². The van der Waals surface area contributed by atoms with Crippen LogP contribution in [0.2, 0.25) is 0 Å². The number of unbranched alkanes of at least 4 members (excludes halogenated alkanes) is 2. The van der Waals surface area contributed by atoms with Crippen molar-refractivity contribution in [3.63, 3.8) is 0 Å². The number of benzene rings is 4. The Labute approximate surface area is 261 Å². The first-order chi connectivity index (χ1) is 21.7. The molecule has 0 saturated heterocycles. The molecule has 0 spiro atoms. The third kappa shape index (κ3) is 6.77. The van der Waals surface area contributed by atoms with E-state index in [4.69, 9.17) is 10.1 Å². The van der Waals surface area contributed by atoms with Gasteiger partial charge in [-0.3, -0.25) is 0 Å². The SMILES string of the molecule is CCCCCc1nc(SCc2ccc(-c3ccccc3C#N)cc2)nn1Cc1ccc(-c2ccccc2-n2cnnn2)cc1. The summed E-state index contributed by atoms with van der Waals surface area (Å²) in [7, 11) is 0. The number of rotatable bonds is 12. The lowest BCUT2D eigenvalue weighted by molar-refractivity contribution is 0.602. The van der Waals surface area contributed by atoms with E-state index in [2.05, 4.69) is 87.8 Å². The first kappa shape index (κ1) is 29.0. The van der Waals surface area contributed by atoms with Crippen LogP contribution in [-0.2, 0) is 18.7 Å². The van der Waals surface area contributed by atoms with Crippen LogP contribution in [0.15, 0.2) is 109 Å². The van der Waals surface area contributed by atoms with Gasteiger partial charge in [0.05, 0.1) is 23.9 Å². The van der Waals surface area contributed by atoms with E-state index in [1.807, 2.05) is 42.5 Å². The topological polar surface area (TPSA) is 98.1 Å². The van der Waals surface area contributed by atoms with Crippen LogP contribution >= 0.6 is 11.8 Å². The molecular formula is C35H32N8S. The second-order valence-electron chi connectivity index (χ2n) is 10.5. The van der Waals surface area contributed by atoms with Crippen molar-refractivity contribution in [1.29, 1.82) is 5.26 Å². The van der Waals surface area contributed by atoms with Gasteiger partial charge in [-0.05, 0) is 56.8 Å². The average molecular weight is 597 g/mol. The zero-order valence-corrected chi connectivity index (χ0v) is 25.4. The van der Waals surface area contributed by atoms with Crippen LogP contribution in [0.1, 0.15) is 48.7 Å². The van der Waals surface area contributed by atoms with Crippen LogP contribution in [0.5, 0.6) is 0 Å². The largest absolute Gasteiger partial charge is 0.244 e. The molecule has 8 nitrogen and oxygen atoms in total. The molecule has 0 unspecified atom stereocenters. The van der Waals surface area contributed by atoms with Crippen LogP contribution in [0.25, 0.3) is 27.9 Å². The molecule has 0 fully saturated rings.